The van der Waals surface area contributed by atoms with E-state index in [1.165, 1.54) is 23.5 Å². The average Bonchev–Trinajstić information content (AvgIpc) is 2.92. The molecule has 0 aliphatic carbocycles. The molecule has 6 nitrogen and oxygen atoms in total. The smallest absolute Gasteiger partial charge is 0.243 e. The predicted octanol–water partition coefficient (Wildman–Crippen LogP) is 2.07. The van der Waals surface area contributed by atoms with E-state index >= 15 is 0 Å². The minimum atomic E-state index is -3.17. The van der Waals surface area contributed by atoms with Crippen LogP contribution in [0.15, 0.2) is 29.6 Å². The molecule has 3 N–H and O–H groups in total. The number of thiazole rings is 1. The third-order valence-electron chi connectivity index (χ3n) is 2.99. The first kappa shape index (κ1) is 20.5. The van der Waals surface area contributed by atoms with E-state index in [1.807, 2.05) is 0 Å². The van der Waals surface area contributed by atoms with Crippen LogP contribution in [0.4, 0.5) is 9.52 Å². The Kier molecular flexibility index (Phi) is 7.27. The lowest BCUT2D eigenvalue weighted by molar-refractivity contribution is -0.117. The Morgan fingerprint density at radius 2 is 2.17 bits per heavy atom. The van der Waals surface area contributed by atoms with E-state index < -0.39 is 21.8 Å². The van der Waals surface area contributed by atoms with Crippen molar-refractivity contribution in [3.05, 3.63) is 35.5 Å². The first-order valence-electron chi connectivity index (χ1n) is 6.70. The third-order valence-corrected chi connectivity index (χ3v) is 4.73. The van der Waals surface area contributed by atoms with Crippen molar-refractivity contribution in [2.24, 2.45) is 5.73 Å². The van der Waals surface area contributed by atoms with Gasteiger partial charge in [0, 0.05) is 17.2 Å². The number of anilines is 1. The van der Waals surface area contributed by atoms with Crippen LogP contribution in [0.25, 0.3) is 11.3 Å². The zero-order valence-electron chi connectivity index (χ0n) is 12.7. The van der Waals surface area contributed by atoms with Gasteiger partial charge in [0.15, 0.2) is 5.13 Å². The van der Waals surface area contributed by atoms with Crippen molar-refractivity contribution in [2.45, 2.75) is 12.5 Å². The highest BCUT2D eigenvalue weighted by molar-refractivity contribution is 7.90. The summed E-state index contributed by atoms with van der Waals surface area (Å²) in [7, 11) is -3.17. The Balaban J connectivity index is 0.00000288. The lowest BCUT2D eigenvalue weighted by Crippen LogP contribution is -2.37. The molecule has 1 amide bonds. The minimum absolute atomic E-state index is 0. The number of nitrogens with zero attached hydrogens (tertiary/aromatic N) is 1. The van der Waals surface area contributed by atoms with E-state index in [1.54, 1.807) is 17.5 Å². The second-order valence-corrected chi connectivity index (χ2v) is 8.18. The van der Waals surface area contributed by atoms with Crippen LogP contribution in [0.5, 0.6) is 0 Å². The maximum absolute atomic E-state index is 13.2. The van der Waals surface area contributed by atoms with Gasteiger partial charge in [-0.15, -0.1) is 23.7 Å². The van der Waals surface area contributed by atoms with E-state index in [2.05, 4.69) is 10.3 Å². The van der Waals surface area contributed by atoms with Gasteiger partial charge in [-0.3, -0.25) is 4.79 Å². The highest BCUT2D eigenvalue weighted by atomic mass is 35.5. The van der Waals surface area contributed by atoms with Gasteiger partial charge in [-0.1, -0.05) is 12.1 Å². The van der Waals surface area contributed by atoms with Crippen molar-refractivity contribution in [2.75, 3.05) is 17.3 Å². The number of nitrogens with two attached hydrogens (primary N) is 1. The average molecular weight is 394 g/mol. The Morgan fingerprint density at radius 3 is 2.79 bits per heavy atom. The summed E-state index contributed by atoms with van der Waals surface area (Å²) in [5.41, 5.74) is 6.80. The van der Waals surface area contributed by atoms with Crippen LogP contribution in [0.1, 0.15) is 6.42 Å². The largest absolute Gasteiger partial charge is 0.320 e. The fraction of sp³-hybridized carbons (Fsp3) is 0.286. The second-order valence-electron chi connectivity index (χ2n) is 5.06. The molecular formula is C14H17ClFN3O3S2. The molecule has 0 saturated heterocycles. The molecule has 1 atom stereocenters. The normalized spacial score (nSPS) is 12.3. The van der Waals surface area contributed by atoms with Gasteiger partial charge in [0.2, 0.25) is 5.91 Å². The summed E-state index contributed by atoms with van der Waals surface area (Å²) in [5, 5.41) is 4.55. The number of amides is 1. The number of sulfone groups is 1. The number of benzene rings is 1. The van der Waals surface area contributed by atoms with E-state index in [0.29, 0.717) is 16.4 Å². The molecule has 2 rings (SSSR count). The van der Waals surface area contributed by atoms with Crippen molar-refractivity contribution in [1.82, 2.24) is 4.98 Å². The molecule has 10 heteroatoms. The van der Waals surface area contributed by atoms with Crippen molar-refractivity contribution < 1.29 is 17.6 Å². The van der Waals surface area contributed by atoms with E-state index in [0.717, 1.165) is 6.26 Å². The van der Waals surface area contributed by atoms with Crippen molar-refractivity contribution in [1.29, 1.82) is 0 Å². The molecule has 24 heavy (non-hydrogen) atoms. The predicted molar refractivity (Wildman–Crippen MR) is 95.7 cm³/mol. The van der Waals surface area contributed by atoms with Crippen LogP contribution < -0.4 is 11.1 Å². The van der Waals surface area contributed by atoms with Gasteiger partial charge >= 0.3 is 0 Å². The van der Waals surface area contributed by atoms with Gasteiger partial charge in [0.25, 0.3) is 0 Å². The van der Waals surface area contributed by atoms with Gasteiger partial charge in [-0.25, -0.2) is 17.8 Å². The standard InChI is InChI=1S/C14H16FN3O3S2.ClH/c1-23(20,21)6-5-11(16)13(19)18-14-17-12(8-22-14)9-3-2-4-10(15)7-9;/h2-4,7-8,11H,5-6,16H2,1H3,(H,17,18,19);1H. The molecule has 0 spiro atoms. The zero-order chi connectivity index (χ0) is 17.0. The van der Waals surface area contributed by atoms with Crippen LogP contribution in [-0.4, -0.2) is 37.4 Å². The van der Waals surface area contributed by atoms with Gasteiger partial charge in [0.1, 0.15) is 15.7 Å². The van der Waals surface area contributed by atoms with Gasteiger partial charge in [0.05, 0.1) is 17.5 Å². The molecule has 2 aromatic rings. The first-order chi connectivity index (χ1) is 10.7. The topological polar surface area (TPSA) is 102 Å². The van der Waals surface area contributed by atoms with E-state index in [9.17, 15) is 17.6 Å². The fourth-order valence-electron chi connectivity index (χ4n) is 1.78. The summed E-state index contributed by atoms with van der Waals surface area (Å²) < 4.78 is 35.3. The second kappa shape index (κ2) is 8.52. The summed E-state index contributed by atoms with van der Waals surface area (Å²) in [4.78, 5) is 16.1. The van der Waals surface area contributed by atoms with Crippen LogP contribution in [0.2, 0.25) is 0 Å². The number of hydrogen-bond donors (Lipinski definition) is 2. The molecule has 0 radical (unpaired) electrons. The summed E-state index contributed by atoms with van der Waals surface area (Å²) in [5.74, 6) is -1.04. The molecule has 1 unspecified atom stereocenters. The van der Waals surface area contributed by atoms with Crippen molar-refractivity contribution in [3.8, 4) is 11.3 Å². The number of aromatic nitrogens is 1. The fourth-order valence-corrected chi connectivity index (χ4v) is 3.19. The third kappa shape index (κ3) is 6.16. The molecule has 0 aliphatic rings. The molecular weight excluding hydrogens is 377 g/mol. The SMILES string of the molecule is CS(=O)(=O)CCC(N)C(=O)Nc1nc(-c2cccc(F)c2)cs1.Cl. The van der Waals surface area contributed by atoms with Crippen LogP contribution in [0, 0.1) is 5.82 Å². The number of nitrogens with one attached hydrogen (secondary N) is 1. The molecule has 0 bridgehead atoms. The number of halogens is 2. The monoisotopic (exact) mass is 393 g/mol. The van der Waals surface area contributed by atoms with Crippen LogP contribution in [0.3, 0.4) is 0 Å². The minimum Gasteiger partial charge on any atom is -0.320 e. The number of carbonyl (C=O) groups is 1. The lowest BCUT2D eigenvalue weighted by Gasteiger charge is -2.09. The number of hydrogen-bond acceptors (Lipinski definition) is 6. The molecule has 0 fully saturated rings. The quantitative estimate of drug-likeness (QED) is 0.782. The lowest BCUT2D eigenvalue weighted by atomic mass is 10.2. The van der Waals surface area contributed by atoms with E-state index in [-0.39, 0.29) is 30.4 Å². The Morgan fingerprint density at radius 1 is 1.46 bits per heavy atom. The highest BCUT2D eigenvalue weighted by Gasteiger charge is 2.17. The maximum atomic E-state index is 13.2. The van der Waals surface area contributed by atoms with Gasteiger partial charge in [-0.05, 0) is 18.6 Å². The molecule has 132 valence electrons. The summed E-state index contributed by atoms with van der Waals surface area (Å²) >= 11 is 1.18. The van der Waals surface area contributed by atoms with Gasteiger partial charge in [-0.2, -0.15) is 0 Å². The van der Waals surface area contributed by atoms with Crippen molar-refractivity contribution in [3.63, 3.8) is 0 Å². The molecule has 0 aliphatic heterocycles. The molecule has 0 saturated carbocycles. The Hall–Kier alpha value is -1.55. The molecule has 1 aromatic carbocycles. The maximum Gasteiger partial charge on any atom is 0.243 e. The number of rotatable bonds is 6. The van der Waals surface area contributed by atoms with Gasteiger partial charge < -0.3 is 11.1 Å². The van der Waals surface area contributed by atoms with Crippen molar-refractivity contribution >= 4 is 44.6 Å². The first-order valence-corrected chi connectivity index (χ1v) is 9.64. The van der Waals surface area contributed by atoms with Crippen LogP contribution >= 0.6 is 23.7 Å². The molecule has 1 aromatic heterocycles. The summed E-state index contributed by atoms with van der Waals surface area (Å²) in [6, 6.07) is 5.02. The zero-order valence-corrected chi connectivity index (χ0v) is 15.2. The highest BCUT2D eigenvalue weighted by Crippen LogP contribution is 2.25. The summed E-state index contributed by atoms with van der Waals surface area (Å²) in [6.07, 6.45) is 1.12. The number of carbonyl (C=O) groups excluding carboxylic acids is 1. The Labute approximate surface area is 149 Å². The van der Waals surface area contributed by atoms with Crippen LogP contribution in [-0.2, 0) is 14.6 Å². The van der Waals surface area contributed by atoms with E-state index in [4.69, 9.17) is 5.73 Å². The summed E-state index contributed by atoms with van der Waals surface area (Å²) in [6.45, 7) is 0. The Bertz CT molecular complexity index is 811. The molecule has 1 heterocycles.